The van der Waals surface area contributed by atoms with Gasteiger partial charge >= 0.3 is 0 Å². The van der Waals surface area contributed by atoms with Crippen molar-refractivity contribution in [3.63, 3.8) is 0 Å². The van der Waals surface area contributed by atoms with Gasteiger partial charge in [-0.25, -0.2) is 4.39 Å². The molecular weight excluding hydrogens is 393 g/mol. The molecule has 1 amide bonds. The number of nitriles is 1. The normalized spacial score (nSPS) is 14.4. The number of rotatable bonds is 4. The molecule has 3 aromatic rings. The second-order valence-electron chi connectivity index (χ2n) is 7.49. The molecule has 0 spiro atoms. The summed E-state index contributed by atoms with van der Waals surface area (Å²) in [6.45, 7) is 4.57. The number of carbonyl (C=O) groups is 1. The third kappa shape index (κ3) is 4.67. The summed E-state index contributed by atoms with van der Waals surface area (Å²) in [7, 11) is 0. The maximum Gasteiger partial charge on any atom is 0.264 e. The van der Waals surface area contributed by atoms with Crippen LogP contribution in [0.3, 0.4) is 0 Å². The summed E-state index contributed by atoms with van der Waals surface area (Å²) in [5.41, 5.74) is 3.10. The lowest BCUT2D eigenvalue weighted by Crippen LogP contribution is -2.49. The molecule has 0 unspecified atom stereocenters. The molecule has 0 radical (unpaired) electrons. The van der Waals surface area contributed by atoms with Gasteiger partial charge in [0.05, 0.1) is 0 Å². The third-order valence-electron chi connectivity index (χ3n) is 5.36. The van der Waals surface area contributed by atoms with E-state index in [9.17, 15) is 14.4 Å². The Bertz CT molecular complexity index is 1130. The number of furan rings is 1. The van der Waals surface area contributed by atoms with Crippen LogP contribution in [0.1, 0.15) is 11.3 Å². The van der Waals surface area contributed by atoms with E-state index in [0.29, 0.717) is 37.7 Å². The van der Waals surface area contributed by atoms with Crippen LogP contribution in [0.5, 0.6) is 0 Å². The number of halogens is 1. The van der Waals surface area contributed by atoms with Crippen molar-refractivity contribution in [3.05, 3.63) is 83.4 Å². The summed E-state index contributed by atoms with van der Waals surface area (Å²) in [4.78, 5) is 16.8. The van der Waals surface area contributed by atoms with E-state index in [1.807, 2.05) is 6.07 Å². The van der Waals surface area contributed by atoms with Gasteiger partial charge < -0.3 is 14.2 Å². The molecule has 0 atom stereocenters. The Morgan fingerprint density at radius 3 is 2.32 bits per heavy atom. The number of aryl methyl sites for hydroxylation is 1. The Morgan fingerprint density at radius 1 is 1.00 bits per heavy atom. The summed E-state index contributed by atoms with van der Waals surface area (Å²) in [5, 5.41) is 9.54. The summed E-state index contributed by atoms with van der Waals surface area (Å²) in [5.74, 6) is 0.325. The average molecular weight is 415 g/mol. The molecule has 0 saturated carbocycles. The molecule has 0 aliphatic carbocycles. The smallest absolute Gasteiger partial charge is 0.264 e. The van der Waals surface area contributed by atoms with E-state index in [2.05, 4.69) is 36.1 Å². The highest BCUT2D eigenvalue weighted by Gasteiger charge is 2.24. The number of carbonyl (C=O) groups excluding carboxylic acids is 1. The molecular formula is C25H22FN3O2. The molecule has 156 valence electrons. The fraction of sp³-hybridized carbons (Fsp3) is 0.200. The number of benzene rings is 2. The van der Waals surface area contributed by atoms with Crippen molar-refractivity contribution in [2.24, 2.45) is 0 Å². The molecule has 1 fully saturated rings. The van der Waals surface area contributed by atoms with Gasteiger partial charge in [0.25, 0.3) is 5.91 Å². The van der Waals surface area contributed by atoms with Crippen LogP contribution < -0.4 is 4.90 Å². The van der Waals surface area contributed by atoms with E-state index in [1.54, 1.807) is 29.2 Å². The topological polar surface area (TPSA) is 60.5 Å². The Kier molecular flexibility index (Phi) is 5.85. The molecule has 0 bridgehead atoms. The Hall–Kier alpha value is -3.85. The van der Waals surface area contributed by atoms with Crippen molar-refractivity contribution < 1.29 is 13.6 Å². The summed E-state index contributed by atoms with van der Waals surface area (Å²) >= 11 is 0. The monoisotopic (exact) mass is 415 g/mol. The summed E-state index contributed by atoms with van der Waals surface area (Å²) in [6, 6.07) is 19.7. The molecule has 6 heteroatoms. The molecule has 0 N–H and O–H groups in total. The lowest BCUT2D eigenvalue weighted by atomic mass is 10.1. The first kappa shape index (κ1) is 20.4. The van der Waals surface area contributed by atoms with E-state index in [-0.39, 0.29) is 17.3 Å². The second-order valence-corrected chi connectivity index (χ2v) is 7.49. The summed E-state index contributed by atoms with van der Waals surface area (Å²) in [6.07, 6.45) is 1.46. The third-order valence-corrected chi connectivity index (χ3v) is 5.36. The molecule has 4 rings (SSSR count). The summed E-state index contributed by atoms with van der Waals surface area (Å²) < 4.78 is 18.8. The number of amides is 1. The van der Waals surface area contributed by atoms with E-state index in [4.69, 9.17) is 4.42 Å². The fourth-order valence-electron chi connectivity index (χ4n) is 3.58. The minimum Gasteiger partial charge on any atom is -0.457 e. The van der Waals surface area contributed by atoms with Gasteiger partial charge in [0.2, 0.25) is 0 Å². The van der Waals surface area contributed by atoms with Crippen LogP contribution in [0, 0.1) is 24.1 Å². The van der Waals surface area contributed by atoms with Gasteiger partial charge in [-0.2, -0.15) is 5.26 Å². The van der Waals surface area contributed by atoms with Crippen LogP contribution in [0.4, 0.5) is 10.1 Å². The fourth-order valence-corrected chi connectivity index (χ4v) is 3.58. The zero-order valence-corrected chi connectivity index (χ0v) is 17.2. The molecule has 2 aromatic carbocycles. The maximum atomic E-state index is 13.1. The highest BCUT2D eigenvalue weighted by atomic mass is 19.1. The van der Waals surface area contributed by atoms with Gasteiger partial charge in [0.15, 0.2) is 0 Å². The molecule has 31 heavy (non-hydrogen) atoms. The Balaban J connectivity index is 1.43. The Morgan fingerprint density at radius 2 is 1.68 bits per heavy atom. The predicted octanol–water partition coefficient (Wildman–Crippen LogP) is 4.65. The van der Waals surface area contributed by atoms with E-state index < -0.39 is 0 Å². The first-order valence-corrected chi connectivity index (χ1v) is 10.1. The molecule has 1 aliphatic rings. The lowest BCUT2D eigenvalue weighted by molar-refractivity contribution is -0.126. The van der Waals surface area contributed by atoms with Crippen molar-refractivity contribution >= 4 is 17.7 Å². The van der Waals surface area contributed by atoms with Crippen LogP contribution in [0.2, 0.25) is 0 Å². The number of nitrogens with zero attached hydrogens (tertiary/aromatic N) is 3. The van der Waals surface area contributed by atoms with Crippen molar-refractivity contribution in [1.29, 1.82) is 5.26 Å². The molecule has 5 nitrogen and oxygen atoms in total. The quantitative estimate of drug-likeness (QED) is 0.460. The zero-order valence-electron chi connectivity index (χ0n) is 17.2. The van der Waals surface area contributed by atoms with Crippen LogP contribution in [-0.2, 0) is 4.79 Å². The van der Waals surface area contributed by atoms with Crippen molar-refractivity contribution in [2.75, 3.05) is 31.1 Å². The maximum absolute atomic E-state index is 13.1. The van der Waals surface area contributed by atoms with Crippen molar-refractivity contribution in [2.45, 2.75) is 6.92 Å². The predicted molar refractivity (Wildman–Crippen MR) is 118 cm³/mol. The van der Waals surface area contributed by atoms with Gasteiger partial charge in [-0.3, -0.25) is 4.79 Å². The average Bonchev–Trinajstić information content (AvgIpc) is 3.27. The minimum absolute atomic E-state index is 0.0313. The van der Waals surface area contributed by atoms with Gasteiger partial charge in [-0.05, 0) is 55.5 Å². The second kappa shape index (κ2) is 8.88. The molecule has 2 heterocycles. The van der Waals surface area contributed by atoms with E-state index in [1.165, 1.54) is 23.8 Å². The largest absolute Gasteiger partial charge is 0.457 e. The van der Waals surface area contributed by atoms with Gasteiger partial charge in [-0.1, -0.05) is 17.7 Å². The van der Waals surface area contributed by atoms with Crippen LogP contribution >= 0.6 is 0 Å². The molecule has 1 aromatic heterocycles. The van der Waals surface area contributed by atoms with Gasteiger partial charge in [0, 0.05) is 43.5 Å². The standard InChI is InChI=1S/C25H22FN3O2/c1-18-2-8-22(9-3-18)28-12-14-29(15-13-28)25(30)20(17-27)16-23-10-11-24(31-23)19-4-6-21(26)7-5-19/h2-11,16H,12-15H2,1H3. The minimum atomic E-state index is -0.324. The van der Waals surface area contributed by atoms with E-state index >= 15 is 0 Å². The highest BCUT2D eigenvalue weighted by molar-refractivity contribution is 6.01. The molecule has 1 saturated heterocycles. The number of hydrogen-bond donors (Lipinski definition) is 0. The first-order valence-electron chi connectivity index (χ1n) is 10.1. The van der Waals surface area contributed by atoms with Crippen LogP contribution in [0.15, 0.2) is 70.7 Å². The number of anilines is 1. The van der Waals surface area contributed by atoms with Crippen molar-refractivity contribution in [3.8, 4) is 17.4 Å². The van der Waals surface area contributed by atoms with E-state index in [0.717, 1.165) is 11.3 Å². The number of piperazine rings is 1. The van der Waals surface area contributed by atoms with Crippen LogP contribution in [-0.4, -0.2) is 37.0 Å². The SMILES string of the molecule is Cc1ccc(N2CCN(C(=O)C(C#N)=Cc3ccc(-c4ccc(F)cc4)o3)CC2)cc1. The first-order chi connectivity index (χ1) is 15.0. The zero-order chi connectivity index (χ0) is 21.8. The van der Waals surface area contributed by atoms with Gasteiger partial charge in [-0.15, -0.1) is 0 Å². The highest BCUT2D eigenvalue weighted by Crippen LogP contribution is 2.24. The van der Waals surface area contributed by atoms with Crippen molar-refractivity contribution in [1.82, 2.24) is 4.90 Å². The van der Waals surface area contributed by atoms with Gasteiger partial charge in [0.1, 0.15) is 29.0 Å². The molecule has 1 aliphatic heterocycles. The number of hydrogen-bond acceptors (Lipinski definition) is 4. The Labute approximate surface area is 180 Å². The van der Waals surface area contributed by atoms with Crippen LogP contribution in [0.25, 0.3) is 17.4 Å². The lowest BCUT2D eigenvalue weighted by Gasteiger charge is -2.36.